The second-order valence-electron chi connectivity index (χ2n) is 4.66. The number of rotatable bonds is 4. The van der Waals surface area contributed by atoms with E-state index in [0.717, 1.165) is 0 Å². The van der Waals surface area contributed by atoms with Crippen LogP contribution in [0.2, 0.25) is 15.2 Å². The van der Waals surface area contributed by atoms with Gasteiger partial charge in [0.1, 0.15) is 10.8 Å². The van der Waals surface area contributed by atoms with Crippen molar-refractivity contribution in [2.75, 3.05) is 7.05 Å². The van der Waals surface area contributed by atoms with E-state index < -0.39 is 10.8 Å². The lowest BCUT2D eigenvalue weighted by molar-refractivity contribution is -0.384. The lowest BCUT2D eigenvalue weighted by Crippen LogP contribution is -2.27. The molecule has 0 N–H and O–H groups in total. The molecule has 120 valence electrons. The van der Waals surface area contributed by atoms with Gasteiger partial charge < -0.3 is 4.90 Å². The van der Waals surface area contributed by atoms with Crippen LogP contribution in [-0.2, 0) is 6.54 Å². The lowest BCUT2D eigenvalue weighted by Gasteiger charge is -2.18. The van der Waals surface area contributed by atoms with Gasteiger partial charge >= 0.3 is 0 Å². The number of nitrogens with zero attached hydrogens (tertiary/aromatic N) is 3. The van der Waals surface area contributed by atoms with Gasteiger partial charge in [-0.05, 0) is 23.8 Å². The number of nitro groups is 1. The van der Waals surface area contributed by atoms with E-state index in [4.69, 9.17) is 34.8 Å². The number of carbonyl (C=O) groups excluding carboxylic acids is 1. The number of aromatic nitrogens is 1. The summed E-state index contributed by atoms with van der Waals surface area (Å²) in [5.74, 6) is -0.472. The van der Waals surface area contributed by atoms with Gasteiger partial charge in [-0.1, -0.05) is 34.8 Å². The van der Waals surface area contributed by atoms with Crippen LogP contribution in [0.4, 0.5) is 5.69 Å². The minimum atomic E-state index is -0.531. The van der Waals surface area contributed by atoms with E-state index in [-0.39, 0.29) is 28.1 Å². The first-order chi connectivity index (χ1) is 10.8. The fourth-order valence-corrected chi connectivity index (χ4v) is 2.38. The molecular weight excluding hydrogens is 365 g/mol. The Morgan fingerprint density at radius 1 is 1.22 bits per heavy atom. The Morgan fingerprint density at radius 3 is 2.52 bits per heavy atom. The molecule has 0 saturated heterocycles. The molecule has 0 saturated carbocycles. The number of halogens is 3. The van der Waals surface area contributed by atoms with Crippen LogP contribution >= 0.6 is 34.8 Å². The Kier molecular flexibility index (Phi) is 5.41. The third-order valence-corrected chi connectivity index (χ3v) is 3.89. The van der Waals surface area contributed by atoms with Crippen molar-refractivity contribution < 1.29 is 9.72 Å². The average Bonchev–Trinajstić information content (AvgIpc) is 2.50. The zero-order valence-electron chi connectivity index (χ0n) is 11.8. The van der Waals surface area contributed by atoms with Crippen molar-refractivity contribution in [2.24, 2.45) is 0 Å². The maximum atomic E-state index is 12.4. The molecule has 1 amide bonds. The molecule has 9 heteroatoms. The van der Waals surface area contributed by atoms with Crippen LogP contribution < -0.4 is 0 Å². The topological polar surface area (TPSA) is 76.3 Å². The highest BCUT2D eigenvalue weighted by Gasteiger charge is 2.19. The van der Waals surface area contributed by atoms with E-state index >= 15 is 0 Å². The van der Waals surface area contributed by atoms with Crippen molar-refractivity contribution in [3.63, 3.8) is 0 Å². The van der Waals surface area contributed by atoms with Crippen LogP contribution in [0.5, 0.6) is 0 Å². The van der Waals surface area contributed by atoms with Gasteiger partial charge in [0.2, 0.25) is 0 Å². The Labute approximate surface area is 146 Å². The monoisotopic (exact) mass is 373 g/mol. The number of carbonyl (C=O) groups is 1. The average molecular weight is 375 g/mol. The van der Waals surface area contributed by atoms with Crippen LogP contribution in [-0.4, -0.2) is 27.8 Å². The summed E-state index contributed by atoms with van der Waals surface area (Å²) in [5, 5.41) is 11.4. The number of hydrogen-bond donors (Lipinski definition) is 0. The highest BCUT2D eigenvalue weighted by atomic mass is 35.5. The van der Waals surface area contributed by atoms with Crippen molar-refractivity contribution in [1.29, 1.82) is 0 Å². The number of pyridine rings is 1. The van der Waals surface area contributed by atoms with Gasteiger partial charge in [-0.25, -0.2) is 4.98 Å². The number of nitro benzene ring substituents is 1. The maximum absolute atomic E-state index is 12.4. The third kappa shape index (κ3) is 4.10. The number of hydrogen-bond acceptors (Lipinski definition) is 4. The van der Waals surface area contributed by atoms with Gasteiger partial charge in [-0.15, -0.1) is 0 Å². The van der Waals surface area contributed by atoms with E-state index in [9.17, 15) is 14.9 Å². The molecule has 0 spiro atoms. The molecule has 0 aliphatic heterocycles. The van der Waals surface area contributed by atoms with Gasteiger partial charge in [0.05, 0.1) is 9.95 Å². The molecule has 0 fully saturated rings. The molecule has 1 aromatic heterocycles. The first-order valence-electron chi connectivity index (χ1n) is 6.30. The molecule has 0 bridgehead atoms. The summed E-state index contributed by atoms with van der Waals surface area (Å²) >= 11 is 17.8. The molecule has 1 heterocycles. The first-order valence-corrected chi connectivity index (χ1v) is 7.43. The molecule has 1 aromatic carbocycles. The normalized spacial score (nSPS) is 10.4. The summed E-state index contributed by atoms with van der Waals surface area (Å²) in [6, 6.07) is 6.97. The van der Waals surface area contributed by atoms with Crippen LogP contribution in [0.25, 0.3) is 0 Å². The molecule has 6 nitrogen and oxygen atoms in total. The maximum Gasteiger partial charge on any atom is 0.274 e. The Balaban J connectivity index is 2.26. The van der Waals surface area contributed by atoms with Crippen LogP contribution in [0.1, 0.15) is 16.1 Å². The molecule has 2 rings (SSSR count). The first kappa shape index (κ1) is 17.5. The highest BCUT2D eigenvalue weighted by Crippen LogP contribution is 2.24. The van der Waals surface area contributed by atoms with E-state index in [1.54, 1.807) is 0 Å². The lowest BCUT2D eigenvalue weighted by atomic mass is 10.2. The number of non-ortho nitro benzene ring substituents is 1. The van der Waals surface area contributed by atoms with E-state index in [1.165, 1.54) is 42.3 Å². The molecular formula is C14H10Cl3N3O3. The second-order valence-corrected chi connectivity index (χ2v) is 5.86. The zero-order valence-corrected chi connectivity index (χ0v) is 14.1. The SMILES string of the molecule is CN(Cc1cc([N+](=O)[O-])ccc1Cl)C(=O)c1nc(Cl)ccc1Cl. The molecule has 0 unspecified atom stereocenters. The number of amides is 1. The summed E-state index contributed by atoms with van der Waals surface area (Å²) in [7, 11) is 1.51. The summed E-state index contributed by atoms with van der Waals surface area (Å²) in [4.78, 5) is 27.9. The van der Waals surface area contributed by atoms with Gasteiger partial charge in [0.15, 0.2) is 0 Å². The molecule has 0 atom stereocenters. The summed E-state index contributed by atoms with van der Waals surface area (Å²) < 4.78 is 0. The fourth-order valence-electron chi connectivity index (χ4n) is 1.87. The quantitative estimate of drug-likeness (QED) is 0.456. The van der Waals surface area contributed by atoms with E-state index in [0.29, 0.717) is 10.6 Å². The van der Waals surface area contributed by atoms with Crippen molar-refractivity contribution in [3.8, 4) is 0 Å². The Morgan fingerprint density at radius 2 is 1.87 bits per heavy atom. The van der Waals surface area contributed by atoms with Crippen LogP contribution in [0.3, 0.4) is 0 Å². The van der Waals surface area contributed by atoms with E-state index in [1.807, 2.05) is 0 Å². The summed E-state index contributed by atoms with van der Waals surface area (Å²) in [6.45, 7) is 0.0594. The molecule has 0 aliphatic rings. The molecule has 0 aliphatic carbocycles. The molecule has 0 radical (unpaired) electrons. The summed E-state index contributed by atoms with van der Waals surface area (Å²) in [6.07, 6.45) is 0. The van der Waals surface area contributed by atoms with Crippen molar-refractivity contribution in [2.45, 2.75) is 6.54 Å². The predicted molar refractivity (Wildman–Crippen MR) is 88.2 cm³/mol. The standard InChI is InChI=1S/C14H10Cl3N3O3/c1-19(14(21)13-11(16)4-5-12(17)18-13)7-8-6-9(20(22)23)2-3-10(8)15/h2-6H,7H2,1H3. The zero-order chi connectivity index (χ0) is 17.1. The van der Waals surface area contributed by atoms with Gasteiger partial charge in [-0.2, -0.15) is 0 Å². The van der Waals surface area contributed by atoms with Crippen LogP contribution in [0, 0.1) is 10.1 Å². The Bertz CT molecular complexity index is 783. The largest absolute Gasteiger partial charge is 0.336 e. The van der Waals surface area contributed by atoms with Crippen molar-refractivity contribution in [3.05, 3.63) is 66.9 Å². The van der Waals surface area contributed by atoms with Crippen LogP contribution in [0.15, 0.2) is 30.3 Å². The molecule has 2 aromatic rings. The van der Waals surface area contributed by atoms with Crippen molar-refractivity contribution >= 4 is 46.4 Å². The van der Waals surface area contributed by atoms with Gasteiger partial charge in [0.25, 0.3) is 11.6 Å². The smallest absolute Gasteiger partial charge is 0.274 e. The minimum absolute atomic E-state index is 0.00298. The Hall–Kier alpha value is -1.89. The molecule has 23 heavy (non-hydrogen) atoms. The number of benzene rings is 1. The fraction of sp³-hybridized carbons (Fsp3) is 0.143. The second kappa shape index (κ2) is 7.12. The predicted octanol–water partition coefficient (Wildman–Crippen LogP) is 4.22. The van der Waals surface area contributed by atoms with E-state index in [2.05, 4.69) is 4.98 Å². The minimum Gasteiger partial charge on any atom is -0.336 e. The third-order valence-electron chi connectivity index (χ3n) is 3.01. The highest BCUT2D eigenvalue weighted by molar-refractivity contribution is 6.34. The van der Waals surface area contributed by atoms with Gasteiger partial charge in [0, 0.05) is 30.7 Å². The van der Waals surface area contributed by atoms with Crippen molar-refractivity contribution in [1.82, 2.24) is 9.88 Å². The summed E-state index contributed by atoms with van der Waals surface area (Å²) in [5.41, 5.74) is 0.335. The van der Waals surface area contributed by atoms with Gasteiger partial charge in [-0.3, -0.25) is 14.9 Å².